The second-order valence-corrected chi connectivity index (χ2v) is 8.59. The molecule has 5 heteroatoms. The van der Waals surface area contributed by atoms with E-state index in [4.69, 9.17) is 4.74 Å². The quantitative estimate of drug-likeness (QED) is 0.770. The highest BCUT2D eigenvalue weighted by molar-refractivity contribution is 5.89. The van der Waals surface area contributed by atoms with E-state index in [0.717, 1.165) is 5.56 Å². The number of rotatable bonds is 5. The molecule has 1 amide bonds. The zero-order chi connectivity index (χ0) is 21.1. The average Bonchev–Trinajstić information content (AvgIpc) is 3.08. The van der Waals surface area contributed by atoms with Gasteiger partial charge in [0.1, 0.15) is 5.75 Å². The lowest BCUT2D eigenvalue weighted by Crippen LogP contribution is -2.45. The second-order valence-electron chi connectivity index (χ2n) is 8.59. The molecule has 0 aromatic heterocycles. The lowest BCUT2D eigenvalue weighted by atomic mass is 9.84. The van der Waals surface area contributed by atoms with Gasteiger partial charge in [-0.25, -0.2) is 0 Å². The molecule has 2 aromatic carbocycles. The van der Waals surface area contributed by atoms with Gasteiger partial charge in [-0.15, -0.1) is 0 Å². The van der Waals surface area contributed by atoms with Crippen molar-refractivity contribution in [1.29, 1.82) is 0 Å². The summed E-state index contributed by atoms with van der Waals surface area (Å²) in [5.74, 6) is 0.925. The van der Waals surface area contributed by atoms with Gasteiger partial charge in [0.15, 0.2) is 12.3 Å². The molecular formula is C25H30N2O3. The summed E-state index contributed by atoms with van der Waals surface area (Å²) in [6.45, 7) is 3.63. The molecule has 1 aliphatic heterocycles. The number of aryl methyl sites for hydroxylation is 1. The topological polar surface area (TPSA) is 62.1 Å². The third-order valence-corrected chi connectivity index (χ3v) is 6.19. The summed E-state index contributed by atoms with van der Waals surface area (Å²) >= 11 is 0. The van der Waals surface area contributed by atoms with Gasteiger partial charge in [-0.3, -0.25) is 4.79 Å². The van der Waals surface area contributed by atoms with Crippen LogP contribution in [0.25, 0.3) is 0 Å². The largest absolute Gasteiger partial charge is 0.484 e. The van der Waals surface area contributed by atoms with Gasteiger partial charge in [-0.2, -0.15) is 10.1 Å². The maximum Gasteiger partial charge on any atom is 0.283 e. The Kier molecular flexibility index (Phi) is 5.91. The number of benzene rings is 2. The first-order chi connectivity index (χ1) is 14.5. The van der Waals surface area contributed by atoms with Crippen LogP contribution in [0.4, 0.5) is 0 Å². The molecule has 0 radical (unpaired) electrons. The first-order valence-corrected chi connectivity index (χ1v) is 10.8. The molecule has 1 aliphatic carbocycles. The Morgan fingerprint density at radius 3 is 2.40 bits per heavy atom. The summed E-state index contributed by atoms with van der Waals surface area (Å²) in [6.07, 6.45) is 6.74. The zero-order valence-electron chi connectivity index (χ0n) is 17.8. The maximum atomic E-state index is 12.9. The van der Waals surface area contributed by atoms with Gasteiger partial charge in [0.25, 0.3) is 5.91 Å². The predicted molar refractivity (Wildman–Crippen MR) is 117 cm³/mol. The summed E-state index contributed by atoms with van der Waals surface area (Å²) in [4.78, 5) is 12.9. The van der Waals surface area contributed by atoms with Crippen LogP contribution in [0.2, 0.25) is 0 Å². The van der Waals surface area contributed by atoms with Crippen LogP contribution >= 0.6 is 0 Å². The van der Waals surface area contributed by atoms with Crippen LogP contribution in [-0.4, -0.2) is 28.3 Å². The normalized spacial score (nSPS) is 22.1. The van der Waals surface area contributed by atoms with Gasteiger partial charge in [0.05, 0.1) is 0 Å². The van der Waals surface area contributed by atoms with Crippen molar-refractivity contribution in [2.75, 3.05) is 6.61 Å². The number of aliphatic hydroxyl groups is 1. The number of hydrazone groups is 1. The van der Waals surface area contributed by atoms with Gasteiger partial charge in [0, 0.05) is 17.7 Å². The van der Waals surface area contributed by atoms with Gasteiger partial charge in [-0.05, 0) is 50.3 Å². The van der Waals surface area contributed by atoms with Crippen molar-refractivity contribution in [3.8, 4) is 5.75 Å². The van der Waals surface area contributed by atoms with E-state index in [1.165, 1.54) is 42.7 Å². The van der Waals surface area contributed by atoms with Crippen molar-refractivity contribution < 1.29 is 14.6 Å². The minimum atomic E-state index is -1.47. The number of hydrogen-bond acceptors (Lipinski definition) is 4. The van der Waals surface area contributed by atoms with Crippen molar-refractivity contribution in [1.82, 2.24) is 5.01 Å². The lowest BCUT2D eigenvalue weighted by molar-refractivity contribution is -0.159. The summed E-state index contributed by atoms with van der Waals surface area (Å²) in [7, 11) is 0. The van der Waals surface area contributed by atoms with Gasteiger partial charge >= 0.3 is 0 Å². The standard InChI is InChI=1S/C25H30N2O3/c1-18-8-12-22(13-9-18)25(29)16-19(2)26-27(25)24(28)17-30-23-14-10-21(11-15-23)20-6-4-3-5-7-20/h8-15,20,29H,3-7,16-17H2,1-2H3/t25-/m0/s1. The molecule has 0 spiro atoms. The van der Waals surface area contributed by atoms with Crippen LogP contribution in [0.3, 0.4) is 0 Å². The average molecular weight is 407 g/mol. The number of amides is 1. The molecule has 1 fully saturated rings. The molecule has 30 heavy (non-hydrogen) atoms. The fourth-order valence-electron chi connectivity index (χ4n) is 4.51. The maximum absolute atomic E-state index is 12.9. The molecule has 1 N–H and O–H groups in total. The van der Waals surface area contributed by atoms with E-state index in [0.29, 0.717) is 22.9 Å². The van der Waals surface area contributed by atoms with Crippen LogP contribution in [-0.2, 0) is 10.5 Å². The summed E-state index contributed by atoms with van der Waals surface area (Å²) in [5, 5.41) is 16.7. The number of hydrogen-bond donors (Lipinski definition) is 1. The van der Waals surface area contributed by atoms with E-state index < -0.39 is 5.72 Å². The fourth-order valence-corrected chi connectivity index (χ4v) is 4.51. The summed E-state index contributed by atoms with van der Waals surface area (Å²) in [5.41, 5.74) is 2.34. The molecule has 1 heterocycles. The van der Waals surface area contributed by atoms with Crippen LogP contribution in [0, 0.1) is 6.92 Å². The lowest BCUT2D eigenvalue weighted by Gasteiger charge is -2.31. The SMILES string of the molecule is CC1=NN(C(=O)COc2ccc(C3CCCCC3)cc2)[C@@](O)(c2ccc(C)cc2)C1. The number of nitrogens with zero attached hydrogens (tertiary/aromatic N) is 2. The van der Waals surface area contributed by atoms with Crippen LogP contribution in [0.1, 0.15) is 68.1 Å². The number of carbonyl (C=O) groups excluding carboxylic acids is 1. The molecule has 0 bridgehead atoms. The third-order valence-electron chi connectivity index (χ3n) is 6.19. The van der Waals surface area contributed by atoms with E-state index in [9.17, 15) is 9.90 Å². The van der Waals surface area contributed by atoms with Gasteiger partial charge in [0.2, 0.25) is 0 Å². The highest BCUT2D eigenvalue weighted by Gasteiger charge is 2.44. The van der Waals surface area contributed by atoms with Gasteiger partial charge < -0.3 is 9.84 Å². The van der Waals surface area contributed by atoms with E-state index >= 15 is 0 Å². The third kappa shape index (κ3) is 4.26. The molecule has 0 unspecified atom stereocenters. The number of carbonyl (C=O) groups is 1. The summed E-state index contributed by atoms with van der Waals surface area (Å²) < 4.78 is 5.73. The first-order valence-electron chi connectivity index (χ1n) is 10.8. The minimum absolute atomic E-state index is 0.173. The van der Waals surface area contributed by atoms with Crippen LogP contribution in [0.5, 0.6) is 5.75 Å². The second kappa shape index (κ2) is 8.60. The Bertz CT molecular complexity index is 914. The van der Waals surface area contributed by atoms with Crippen molar-refractivity contribution >= 4 is 11.6 Å². The van der Waals surface area contributed by atoms with Crippen molar-refractivity contribution in [2.45, 2.75) is 64.0 Å². The molecule has 1 saturated carbocycles. The zero-order valence-corrected chi connectivity index (χ0v) is 17.8. The Morgan fingerprint density at radius 1 is 1.07 bits per heavy atom. The van der Waals surface area contributed by atoms with Crippen molar-refractivity contribution in [2.24, 2.45) is 5.10 Å². The first kappa shape index (κ1) is 20.6. The smallest absolute Gasteiger partial charge is 0.283 e. The monoisotopic (exact) mass is 406 g/mol. The molecule has 4 rings (SSSR count). The Balaban J connectivity index is 1.41. The Hall–Kier alpha value is -2.66. The van der Waals surface area contributed by atoms with Gasteiger partial charge in [-0.1, -0.05) is 61.2 Å². The highest BCUT2D eigenvalue weighted by atomic mass is 16.5. The molecule has 0 saturated heterocycles. The molecule has 158 valence electrons. The van der Waals surface area contributed by atoms with Crippen molar-refractivity contribution in [3.63, 3.8) is 0 Å². The molecular weight excluding hydrogens is 376 g/mol. The fraction of sp³-hybridized carbons (Fsp3) is 0.440. The highest BCUT2D eigenvalue weighted by Crippen LogP contribution is 2.36. The number of ether oxygens (including phenoxy) is 1. The summed E-state index contributed by atoms with van der Waals surface area (Å²) in [6, 6.07) is 15.6. The molecule has 2 aliphatic rings. The van der Waals surface area contributed by atoms with Crippen LogP contribution in [0.15, 0.2) is 53.6 Å². The van der Waals surface area contributed by atoms with E-state index in [-0.39, 0.29) is 18.9 Å². The van der Waals surface area contributed by atoms with Crippen LogP contribution < -0.4 is 4.74 Å². The van der Waals surface area contributed by atoms with Crippen molar-refractivity contribution in [3.05, 3.63) is 65.2 Å². The molecule has 1 atom stereocenters. The van der Waals surface area contributed by atoms with E-state index in [1.54, 1.807) is 0 Å². The van der Waals surface area contributed by atoms with E-state index in [1.807, 2.05) is 50.2 Å². The minimum Gasteiger partial charge on any atom is -0.484 e. The van der Waals surface area contributed by atoms with E-state index in [2.05, 4.69) is 17.2 Å². The molecule has 5 nitrogen and oxygen atoms in total. The molecule has 2 aromatic rings. The Labute approximate surface area is 178 Å². The Morgan fingerprint density at radius 2 is 1.73 bits per heavy atom. The predicted octanol–water partition coefficient (Wildman–Crippen LogP) is 4.88.